The van der Waals surface area contributed by atoms with Gasteiger partial charge in [-0.15, -0.1) is 0 Å². The Morgan fingerprint density at radius 3 is 2.38 bits per heavy atom. The van der Waals surface area contributed by atoms with Gasteiger partial charge in [0.15, 0.2) is 0 Å². The summed E-state index contributed by atoms with van der Waals surface area (Å²) in [5, 5.41) is 3.40. The van der Waals surface area contributed by atoms with Gasteiger partial charge in [-0.2, -0.15) is 0 Å². The van der Waals surface area contributed by atoms with Gasteiger partial charge in [0.25, 0.3) is 0 Å². The number of benzene rings is 1. The van der Waals surface area contributed by atoms with E-state index >= 15 is 0 Å². The molecular formula is C14H22N2. The third kappa shape index (κ3) is 2.63. The van der Waals surface area contributed by atoms with Crippen LogP contribution in [-0.2, 0) is 6.42 Å². The normalized spacial score (nSPS) is 19.6. The minimum atomic E-state index is 0.549. The molecule has 1 N–H and O–H groups in total. The van der Waals surface area contributed by atoms with E-state index in [1.165, 1.54) is 11.1 Å². The Balaban J connectivity index is 2.04. The summed E-state index contributed by atoms with van der Waals surface area (Å²) in [4.78, 5) is 2.55. The lowest BCUT2D eigenvalue weighted by Crippen LogP contribution is -2.44. The SMILES string of the molecule is CCc1ccc(C(C)N2CCNCC2)cc1. The molecule has 1 aliphatic rings. The molecule has 0 bridgehead atoms. The molecule has 0 aliphatic carbocycles. The smallest absolute Gasteiger partial charge is 0.0320 e. The second-order valence-corrected chi connectivity index (χ2v) is 4.56. The van der Waals surface area contributed by atoms with Gasteiger partial charge in [-0.1, -0.05) is 31.2 Å². The molecule has 1 aromatic rings. The van der Waals surface area contributed by atoms with Crippen LogP contribution in [0.4, 0.5) is 0 Å². The predicted octanol–water partition coefficient (Wildman–Crippen LogP) is 2.22. The highest BCUT2D eigenvalue weighted by atomic mass is 15.2. The number of aryl methyl sites for hydroxylation is 1. The highest BCUT2D eigenvalue weighted by molar-refractivity contribution is 5.24. The lowest BCUT2D eigenvalue weighted by Gasteiger charge is -2.33. The van der Waals surface area contributed by atoms with Crippen LogP contribution in [0.25, 0.3) is 0 Å². The lowest BCUT2D eigenvalue weighted by molar-refractivity contribution is 0.185. The standard InChI is InChI=1S/C14H22N2/c1-3-13-4-6-14(7-5-13)12(2)16-10-8-15-9-11-16/h4-7,12,15H,3,8-11H2,1-2H3. The van der Waals surface area contributed by atoms with Crippen LogP contribution < -0.4 is 5.32 Å². The third-order valence-electron chi connectivity index (χ3n) is 3.57. The fourth-order valence-electron chi connectivity index (χ4n) is 2.31. The number of nitrogens with zero attached hydrogens (tertiary/aromatic N) is 1. The van der Waals surface area contributed by atoms with Crippen LogP contribution in [0.5, 0.6) is 0 Å². The molecule has 0 saturated carbocycles. The Morgan fingerprint density at radius 1 is 1.19 bits per heavy atom. The summed E-state index contributed by atoms with van der Waals surface area (Å²) in [5.41, 5.74) is 2.87. The Bertz CT molecular complexity index is 312. The van der Waals surface area contributed by atoms with Gasteiger partial charge in [-0.25, -0.2) is 0 Å². The molecule has 0 radical (unpaired) electrons. The van der Waals surface area contributed by atoms with Crippen molar-refractivity contribution in [3.63, 3.8) is 0 Å². The van der Waals surface area contributed by atoms with Gasteiger partial charge in [-0.3, -0.25) is 4.90 Å². The molecule has 0 aromatic heterocycles. The molecule has 2 rings (SSSR count). The van der Waals surface area contributed by atoms with Crippen molar-refractivity contribution in [3.05, 3.63) is 35.4 Å². The largest absolute Gasteiger partial charge is 0.314 e. The van der Waals surface area contributed by atoms with Crippen LogP contribution in [-0.4, -0.2) is 31.1 Å². The van der Waals surface area contributed by atoms with Crippen LogP contribution in [0.1, 0.15) is 31.0 Å². The summed E-state index contributed by atoms with van der Waals surface area (Å²) in [5.74, 6) is 0. The maximum Gasteiger partial charge on any atom is 0.0320 e. The monoisotopic (exact) mass is 218 g/mol. The highest BCUT2D eigenvalue weighted by Crippen LogP contribution is 2.20. The maximum atomic E-state index is 3.40. The summed E-state index contributed by atoms with van der Waals surface area (Å²) in [6.07, 6.45) is 1.13. The number of hydrogen-bond donors (Lipinski definition) is 1. The minimum Gasteiger partial charge on any atom is -0.314 e. The first kappa shape index (κ1) is 11.6. The van der Waals surface area contributed by atoms with Gasteiger partial charge in [-0.05, 0) is 24.5 Å². The number of rotatable bonds is 3. The maximum absolute atomic E-state index is 3.40. The summed E-state index contributed by atoms with van der Waals surface area (Å²) in [6, 6.07) is 9.63. The van der Waals surface area contributed by atoms with Crippen molar-refractivity contribution in [1.29, 1.82) is 0 Å². The van der Waals surface area contributed by atoms with Crippen LogP contribution in [0.2, 0.25) is 0 Å². The molecule has 0 amide bonds. The quantitative estimate of drug-likeness (QED) is 0.837. The first-order valence-electron chi connectivity index (χ1n) is 6.35. The van der Waals surface area contributed by atoms with E-state index in [1.54, 1.807) is 0 Å². The first-order chi connectivity index (χ1) is 7.81. The molecule has 16 heavy (non-hydrogen) atoms. The van der Waals surface area contributed by atoms with E-state index in [2.05, 4.69) is 48.3 Å². The van der Waals surface area contributed by atoms with E-state index in [0.29, 0.717) is 6.04 Å². The second kappa shape index (κ2) is 5.46. The van der Waals surface area contributed by atoms with Crippen molar-refractivity contribution >= 4 is 0 Å². The summed E-state index contributed by atoms with van der Waals surface area (Å²) in [7, 11) is 0. The summed E-state index contributed by atoms with van der Waals surface area (Å²) >= 11 is 0. The second-order valence-electron chi connectivity index (χ2n) is 4.56. The van der Waals surface area contributed by atoms with Crippen molar-refractivity contribution < 1.29 is 0 Å². The molecule has 2 heteroatoms. The van der Waals surface area contributed by atoms with Crippen LogP contribution in [0, 0.1) is 0 Å². The lowest BCUT2D eigenvalue weighted by atomic mass is 10.0. The molecule has 1 aliphatic heterocycles. The molecule has 1 atom stereocenters. The van der Waals surface area contributed by atoms with Crippen LogP contribution in [0.3, 0.4) is 0 Å². The molecule has 1 aromatic carbocycles. The first-order valence-corrected chi connectivity index (χ1v) is 6.35. The van der Waals surface area contributed by atoms with Crippen molar-refractivity contribution in [2.24, 2.45) is 0 Å². The molecule has 1 saturated heterocycles. The Hall–Kier alpha value is -0.860. The van der Waals surface area contributed by atoms with Gasteiger partial charge in [0, 0.05) is 32.2 Å². The molecule has 88 valence electrons. The van der Waals surface area contributed by atoms with Gasteiger partial charge in [0.1, 0.15) is 0 Å². The van der Waals surface area contributed by atoms with Gasteiger partial charge in [0.2, 0.25) is 0 Å². The zero-order valence-corrected chi connectivity index (χ0v) is 10.4. The summed E-state index contributed by atoms with van der Waals surface area (Å²) < 4.78 is 0. The topological polar surface area (TPSA) is 15.3 Å². The van der Waals surface area contributed by atoms with Crippen LogP contribution >= 0.6 is 0 Å². The molecule has 1 heterocycles. The number of nitrogens with one attached hydrogen (secondary N) is 1. The van der Waals surface area contributed by atoms with Crippen molar-refractivity contribution in [3.8, 4) is 0 Å². The molecular weight excluding hydrogens is 196 g/mol. The average molecular weight is 218 g/mol. The number of hydrogen-bond acceptors (Lipinski definition) is 2. The predicted molar refractivity (Wildman–Crippen MR) is 68.7 cm³/mol. The highest BCUT2D eigenvalue weighted by Gasteiger charge is 2.17. The molecule has 1 fully saturated rings. The minimum absolute atomic E-state index is 0.549. The van der Waals surface area contributed by atoms with E-state index < -0.39 is 0 Å². The van der Waals surface area contributed by atoms with E-state index in [4.69, 9.17) is 0 Å². The van der Waals surface area contributed by atoms with E-state index in [0.717, 1.165) is 32.6 Å². The summed E-state index contributed by atoms with van der Waals surface area (Å²) in [6.45, 7) is 9.09. The fourth-order valence-corrected chi connectivity index (χ4v) is 2.31. The van der Waals surface area contributed by atoms with E-state index in [1.807, 2.05) is 0 Å². The Labute approximate surface area is 98.7 Å². The van der Waals surface area contributed by atoms with Crippen molar-refractivity contribution in [1.82, 2.24) is 10.2 Å². The zero-order chi connectivity index (χ0) is 11.4. The molecule has 0 spiro atoms. The Kier molecular flexibility index (Phi) is 3.97. The van der Waals surface area contributed by atoms with Gasteiger partial charge in [0.05, 0.1) is 0 Å². The van der Waals surface area contributed by atoms with Crippen molar-refractivity contribution in [2.75, 3.05) is 26.2 Å². The third-order valence-corrected chi connectivity index (χ3v) is 3.57. The van der Waals surface area contributed by atoms with Gasteiger partial charge >= 0.3 is 0 Å². The van der Waals surface area contributed by atoms with Crippen molar-refractivity contribution in [2.45, 2.75) is 26.3 Å². The average Bonchev–Trinajstić information content (AvgIpc) is 2.39. The Morgan fingerprint density at radius 2 is 1.81 bits per heavy atom. The molecule has 1 unspecified atom stereocenters. The molecule has 2 nitrogen and oxygen atoms in total. The van der Waals surface area contributed by atoms with Gasteiger partial charge < -0.3 is 5.32 Å². The zero-order valence-electron chi connectivity index (χ0n) is 10.4. The van der Waals surface area contributed by atoms with E-state index in [9.17, 15) is 0 Å². The fraction of sp³-hybridized carbons (Fsp3) is 0.571. The van der Waals surface area contributed by atoms with E-state index in [-0.39, 0.29) is 0 Å². The number of piperazine rings is 1. The van der Waals surface area contributed by atoms with Crippen LogP contribution in [0.15, 0.2) is 24.3 Å².